The summed E-state index contributed by atoms with van der Waals surface area (Å²) in [5, 5.41) is 15.7. The molecule has 1 aromatic heterocycles. The van der Waals surface area contributed by atoms with Gasteiger partial charge in [-0.15, -0.1) is 0 Å². The molecule has 29 heavy (non-hydrogen) atoms. The third kappa shape index (κ3) is 4.20. The SMILES string of the molecule is Cc1noc(C)c1NC(=O)N1CC2CN(CCOc3ccc(C#N)cc3)CC2C1. The molecule has 2 amide bonds. The largest absolute Gasteiger partial charge is 0.492 e. The number of carbonyl (C=O) groups is 1. The number of urea groups is 1. The molecule has 2 saturated heterocycles. The highest BCUT2D eigenvalue weighted by atomic mass is 16.5. The summed E-state index contributed by atoms with van der Waals surface area (Å²) < 4.78 is 10.9. The van der Waals surface area contributed by atoms with Gasteiger partial charge in [0.25, 0.3) is 0 Å². The second kappa shape index (κ2) is 8.13. The minimum absolute atomic E-state index is 0.0792. The number of benzene rings is 1. The first kappa shape index (κ1) is 19.3. The summed E-state index contributed by atoms with van der Waals surface area (Å²) in [4.78, 5) is 16.9. The lowest BCUT2D eigenvalue weighted by Crippen LogP contribution is -2.37. The number of nitrogens with one attached hydrogen (secondary N) is 1. The van der Waals surface area contributed by atoms with Gasteiger partial charge in [-0.3, -0.25) is 4.90 Å². The minimum Gasteiger partial charge on any atom is -0.492 e. The maximum Gasteiger partial charge on any atom is 0.322 e. The lowest BCUT2D eigenvalue weighted by molar-refractivity contribution is 0.202. The molecule has 0 spiro atoms. The van der Waals surface area contributed by atoms with Gasteiger partial charge in [0.15, 0.2) is 5.76 Å². The fraction of sp³-hybridized carbons (Fsp3) is 0.476. The standard InChI is InChI=1S/C21H25N5O3/c1-14-20(15(2)29-24-14)23-21(27)26-12-17-10-25(11-18(17)13-26)7-8-28-19-5-3-16(9-22)4-6-19/h3-6,17-18H,7-8,10-13H2,1-2H3,(H,23,27). The number of aromatic nitrogens is 1. The number of carbonyl (C=O) groups excluding carboxylic acids is 1. The van der Waals surface area contributed by atoms with Crippen molar-refractivity contribution in [2.24, 2.45) is 11.8 Å². The lowest BCUT2D eigenvalue weighted by Gasteiger charge is -2.22. The van der Waals surface area contributed by atoms with Gasteiger partial charge in [0.2, 0.25) is 0 Å². The van der Waals surface area contributed by atoms with Gasteiger partial charge in [-0.25, -0.2) is 4.79 Å². The predicted molar refractivity (Wildman–Crippen MR) is 107 cm³/mol. The summed E-state index contributed by atoms with van der Waals surface area (Å²) in [5.41, 5.74) is 2.00. The van der Waals surface area contributed by atoms with Crippen molar-refractivity contribution < 1.29 is 14.1 Å². The van der Waals surface area contributed by atoms with Crippen LogP contribution < -0.4 is 10.1 Å². The number of anilines is 1. The van der Waals surface area contributed by atoms with E-state index in [9.17, 15) is 4.79 Å². The fourth-order valence-corrected chi connectivity index (χ4v) is 4.20. The highest BCUT2D eigenvalue weighted by molar-refractivity contribution is 5.90. The van der Waals surface area contributed by atoms with Crippen LogP contribution in [0.25, 0.3) is 0 Å². The summed E-state index contributed by atoms with van der Waals surface area (Å²) in [6.07, 6.45) is 0. The van der Waals surface area contributed by atoms with E-state index in [1.807, 2.05) is 24.0 Å². The van der Waals surface area contributed by atoms with E-state index in [0.717, 1.165) is 38.5 Å². The molecule has 8 nitrogen and oxygen atoms in total. The molecule has 2 aromatic rings. The Balaban J connectivity index is 1.21. The summed E-state index contributed by atoms with van der Waals surface area (Å²) in [6, 6.07) is 9.20. The van der Waals surface area contributed by atoms with Crippen LogP contribution in [0.4, 0.5) is 10.5 Å². The zero-order valence-electron chi connectivity index (χ0n) is 16.7. The molecule has 2 aliphatic heterocycles. The van der Waals surface area contributed by atoms with Crippen molar-refractivity contribution in [1.82, 2.24) is 15.0 Å². The Morgan fingerprint density at radius 1 is 1.24 bits per heavy atom. The van der Waals surface area contributed by atoms with E-state index in [-0.39, 0.29) is 6.03 Å². The van der Waals surface area contributed by atoms with Crippen LogP contribution in [-0.2, 0) is 0 Å². The number of likely N-dealkylation sites (tertiary alicyclic amines) is 2. The normalized spacial score (nSPS) is 21.1. The third-order valence-corrected chi connectivity index (χ3v) is 5.77. The number of rotatable bonds is 5. The molecule has 2 aliphatic rings. The maximum atomic E-state index is 12.6. The second-order valence-corrected chi connectivity index (χ2v) is 7.80. The maximum absolute atomic E-state index is 12.6. The average molecular weight is 395 g/mol. The summed E-state index contributed by atoms with van der Waals surface area (Å²) in [5.74, 6) is 2.41. The van der Waals surface area contributed by atoms with Crippen molar-refractivity contribution in [3.8, 4) is 11.8 Å². The van der Waals surface area contributed by atoms with E-state index in [4.69, 9.17) is 14.5 Å². The molecule has 1 aromatic carbocycles. The number of hydrogen-bond acceptors (Lipinski definition) is 6. The Kier molecular flexibility index (Phi) is 5.41. The van der Waals surface area contributed by atoms with Crippen LogP contribution >= 0.6 is 0 Å². The van der Waals surface area contributed by atoms with Crippen LogP contribution in [0.3, 0.4) is 0 Å². The molecular formula is C21H25N5O3. The molecule has 152 valence electrons. The molecular weight excluding hydrogens is 370 g/mol. The first-order valence-corrected chi connectivity index (χ1v) is 9.87. The minimum atomic E-state index is -0.0792. The van der Waals surface area contributed by atoms with Crippen LogP contribution in [0.2, 0.25) is 0 Å². The van der Waals surface area contributed by atoms with Gasteiger partial charge in [0, 0.05) is 32.7 Å². The predicted octanol–water partition coefficient (Wildman–Crippen LogP) is 2.64. The Hall–Kier alpha value is -3.05. The molecule has 2 fully saturated rings. The number of nitrogens with zero attached hydrogens (tertiary/aromatic N) is 4. The van der Waals surface area contributed by atoms with Gasteiger partial charge >= 0.3 is 6.03 Å². The van der Waals surface area contributed by atoms with Gasteiger partial charge < -0.3 is 19.5 Å². The van der Waals surface area contributed by atoms with Crippen molar-refractivity contribution in [3.63, 3.8) is 0 Å². The first-order valence-electron chi connectivity index (χ1n) is 9.87. The Morgan fingerprint density at radius 2 is 1.93 bits per heavy atom. The molecule has 0 aliphatic carbocycles. The smallest absolute Gasteiger partial charge is 0.322 e. The van der Waals surface area contributed by atoms with Crippen LogP contribution in [0.1, 0.15) is 17.0 Å². The van der Waals surface area contributed by atoms with Crippen LogP contribution in [-0.4, -0.2) is 60.3 Å². The van der Waals surface area contributed by atoms with E-state index in [0.29, 0.717) is 41.1 Å². The zero-order chi connectivity index (χ0) is 20.4. The van der Waals surface area contributed by atoms with Crippen LogP contribution in [0, 0.1) is 37.0 Å². The molecule has 4 rings (SSSR count). The Morgan fingerprint density at radius 3 is 2.52 bits per heavy atom. The van der Waals surface area contributed by atoms with Gasteiger partial charge in [-0.1, -0.05) is 5.16 Å². The number of nitriles is 1. The molecule has 0 bridgehead atoms. The lowest BCUT2D eigenvalue weighted by atomic mass is 10.0. The quantitative estimate of drug-likeness (QED) is 0.836. The van der Waals surface area contributed by atoms with E-state index < -0.39 is 0 Å². The molecule has 8 heteroatoms. The highest BCUT2D eigenvalue weighted by Gasteiger charge is 2.41. The van der Waals surface area contributed by atoms with Crippen LogP contribution in [0.15, 0.2) is 28.8 Å². The Labute approximate surface area is 170 Å². The van der Waals surface area contributed by atoms with Crippen LogP contribution in [0.5, 0.6) is 5.75 Å². The average Bonchev–Trinajstić information content (AvgIpc) is 3.37. The summed E-state index contributed by atoms with van der Waals surface area (Å²) >= 11 is 0. The van der Waals surface area contributed by atoms with Crippen molar-refractivity contribution >= 4 is 11.7 Å². The van der Waals surface area contributed by atoms with Crippen molar-refractivity contribution in [2.75, 3.05) is 44.6 Å². The highest BCUT2D eigenvalue weighted by Crippen LogP contribution is 2.31. The van der Waals surface area contributed by atoms with E-state index in [2.05, 4.69) is 21.4 Å². The number of hydrogen-bond donors (Lipinski definition) is 1. The first-order chi connectivity index (χ1) is 14.0. The number of ether oxygens (including phenoxy) is 1. The van der Waals surface area contributed by atoms with Gasteiger partial charge in [0.1, 0.15) is 23.7 Å². The van der Waals surface area contributed by atoms with Gasteiger partial charge in [-0.05, 0) is 49.9 Å². The van der Waals surface area contributed by atoms with Gasteiger partial charge in [0.05, 0.1) is 11.6 Å². The van der Waals surface area contributed by atoms with E-state index >= 15 is 0 Å². The second-order valence-electron chi connectivity index (χ2n) is 7.80. The van der Waals surface area contributed by atoms with Gasteiger partial charge in [-0.2, -0.15) is 5.26 Å². The molecule has 0 radical (unpaired) electrons. The van der Waals surface area contributed by atoms with E-state index in [1.165, 1.54) is 0 Å². The van der Waals surface area contributed by atoms with Crippen molar-refractivity contribution in [3.05, 3.63) is 41.3 Å². The molecule has 1 N–H and O–H groups in total. The van der Waals surface area contributed by atoms with Crippen molar-refractivity contribution in [2.45, 2.75) is 13.8 Å². The van der Waals surface area contributed by atoms with E-state index in [1.54, 1.807) is 19.1 Å². The number of amides is 2. The molecule has 2 unspecified atom stereocenters. The molecule has 0 saturated carbocycles. The summed E-state index contributed by atoms with van der Waals surface area (Å²) in [7, 11) is 0. The monoisotopic (exact) mass is 395 g/mol. The fourth-order valence-electron chi connectivity index (χ4n) is 4.20. The summed E-state index contributed by atoms with van der Waals surface area (Å²) in [6.45, 7) is 8.60. The van der Waals surface area contributed by atoms with Crippen molar-refractivity contribution in [1.29, 1.82) is 5.26 Å². The zero-order valence-corrected chi connectivity index (χ0v) is 16.7. The molecule has 3 heterocycles. The molecule has 2 atom stereocenters. The third-order valence-electron chi connectivity index (χ3n) is 5.77. The topological polar surface area (TPSA) is 94.6 Å². The number of aryl methyl sites for hydroxylation is 2. The number of fused-ring (bicyclic) bond motifs is 1. The Bertz CT molecular complexity index is 884.